The smallest absolute Gasteiger partial charge is 0.356 e. The number of benzene rings is 1. The van der Waals surface area contributed by atoms with Gasteiger partial charge < -0.3 is 5.11 Å². The number of hydrogen-bond donors (Lipinski definition) is 1. The normalized spacial score (nSPS) is 10.4. The third kappa shape index (κ3) is 2.17. The molecule has 6 heteroatoms. The minimum atomic E-state index is -1.33. The Balaban J connectivity index is 2.62. The lowest BCUT2D eigenvalue weighted by Crippen LogP contribution is -2.03. The van der Waals surface area contributed by atoms with Gasteiger partial charge in [0.15, 0.2) is 17.3 Å². The molecule has 2 aromatic rings. The molecule has 1 aromatic heterocycles. The van der Waals surface area contributed by atoms with E-state index in [1.54, 1.807) is 0 Å². The molecular formula is C12H6ClF2NO2. The fourth-order valence-electron chi connectivity index (χ4n) is 1.44. The van der Waals surface area contributed by atoms with Crippen LogP contribution in [0.15, 0.2) is 30.3 Å². The Hall–Kier alpha value is -2.01. The van der Waals surface area contributed by atoms with Crippen molar-refractivity contribution in [2.75, 3.05) is 0 Å². The molecule has 0 aliphatic carbocycles. The monoisotopic (exact) mass is 269 g/mol. The third-order valence-electron chi connectivity index (χ3n) is 2.28. The van der Waals surface area contributed by atoms with Crippen LogP contribution in [0.1, 0.15) is 10.5 Å². The SMILES string of the molecule is O=C(O)c1nc(-c2cccc(F)c2F)ccc1Cl. The van der Waals surface area contributed by atoms with E-state index in [1.165, 1.54) is 24.3 Å². The van der Waals surface area contributed by atoms with Crippen molar-refractivity contribution in [2.24, 2.45) is 0 Å². The van der Waals surface area contributed by atoms with E-state index < -0.39 is 23.3 Å². The first-order chi connectivity index (χ1) is 8.50. The minimum Gasteiger partial charge on any atom is -0.476 e. The van der Waals surface area contributed by atoms with Crippen molar-refractivity contribution in [3.63, 3.8) is 0 Å². The first-order valence-electron chi connectivity index (χ1n) is 4.85. The average molecular weight is 270 g/mol. The van der Waals surface area contributed by atoms with E-state index in [0.29, 0.717) is 0 Å². The van der Waals surface area contributed by atoms with Crippen molar-refractivity contribution in [3.05, 3.63) is 52.7 Å². The molecule has 0 saturated carbocycles. The molecule has 0 fully saturated rings. The van der Waals surface area contributed by atoms with E-state index in [9.17, 15) is 13.6 Å². The molecule has 0 saturated heterocycles. The van der Waals surface area contributed by atoms with Crippen LogP contribution in [0, 0.1) is 11.6 Å². The predicted octanol–water partition coefficient (Wildman–Crippen LogP) is 3.38. The Kier molecular flexibility index (Phi) is 3.25. The summed E-state index contributed by atoms with van der Waals surface area (Å²) in [6, 6.07) is 6.18. The van der Waals surface area contributed by atoms with Gasteiger partial charge >= 0.3 is 5.97 Å². The molecule has 1 heterocycles. The molecule has 92 valence electrons. The van der Waals surface area contributed by atoms with Crippen molar-refractivity contribution in [3.8, 4) is 11.3 Å². The van der Waals surface area contributed by atoms with Crippen molar-refractivity contribution < 1.29 is 18.7 Å². The Labute approximate surface area is 106 Å². The maximum Gasteiger partial charge on any atom is 0.356 e. The van der Waals surface area contributed by atoms with Gasteiger partial charge in [-0.25, -0.2) is 18.6 Å². The molecule has 0 radical (unpaired) electrons. The average Bonchev–Trinajstić information content (AvgIpc) is 2.33. The maximum atomic E-state index is 13.5. The summed E-state index contributed by atoms with van der Waals surface area (Å²) in [4.78, 5) is 14.5. The maximum absolute atomic E-state index is 13.5. The van der Waals surface area contributed by atoms with Gasteiger partial charge in [-0.05, 0) is 24.3 Å². The third-order valence-corrected chi connectivity index (χ3v) is 2.58. The van der Waals surface area contributed by atoms with Crippen LogP contribution in [-0.2, 0) is 0 Å². The summed E-state index contributed by atoms with van der Waals surface area (Å²) in [5, 5.41) is 8.78. The summed E-state index contributed by atoms with van der Waals surface area (Å²) in [6.07, 6.45) is 0. The Morgan fingerprint density at radius 1 is 1.22 bits per heavy atom. The van der Waals surface area contributed by atoms with Gasteiger partial charge in [-0.3, -0.25) is 0 Å². The predicted molar refractivity (Wildman–Crippen MR) is 61.6 cm³/mol. The van der Waals surface area contributed by atoms with E-state index >= 15 is 0 Å². The molecule has 0 unspecified atom stereocenters. The van der Waals surface area contributed by atoms with Crippen molar-refractivity contribution >= 4 is 17.6 Å². The Morgan fingerprint density at radius 3 is 2.61 bits per heavy atom. The number of aromatic nitrogens is 1. The highest BCUT2D eigenvalue weighted by Crippen LogP contribution is 2.25. The molecule has 3 nitrogen and oxygen atoms in total. The molecule has 2 rings (SSSR count). The molecule has 0 aliphatic rings. The summed E-state index contributed by atoms with van der Waals surface area (Å²) >= 11 is 5.64. The molecule has 0 atom stereocenters. The molecule has 0 aliphatic heterocycles. The quantitative estimate of drug-likeness (QED) is 0.909. The Morgan fingerprint density at radius 2 is 1.94 bits per heavy atom. The van der Waals surface area contributed by atoms with E-state index in [2.05, 4.69) is 4.98 Å². The zero-order chi connectivity index (χ0) is 13.3. The lowest BCUT2D eigenvalue weighted by atomic mass is 10.1. The van der Waals surface area contributed by atoms with Crippen molar-refractivity contribution in [1.82, 2.24) is 4.98 Å². The summed E-state index contributed by atoms with van der Waals surface area (Å²) in [5.41, 5.74) is -0.513. The van der Waals surface area contributed by atoms with Crippen LogP contribution in [0.4, 0.5) is 8.78 Å². The number of halogens is 3. The number of pyridine rings is 1. The van der Waals surface area contributed by atoms with Gasteiger partial charge in [0.05, 0.1) is 10.7 Å². The summed E-state index contributed by atoms with van der Waals surface area (Å²) in [5.74, 6) is -3.44. The summed E-state index contributed by atoms with van der Waals surface area (Å²) in [6.45, 7) is 0. The van der Waals surface area contributed by atoms with Crippen LogP contribution >= 0.6 is 11.6 Å². The van der Waals surface area contributed by atoms with Crippen LogP contribution in [0.5, 0.6) is 0 Å². The topological polar surface area (TPSA) is 50.2 Å². The highest BCUT2D eigenvalue weighted by molar-refractivity contribution is 6.33. The molecule has 0 bridgehead atoms. The summed E-state index contributed by atoms with van der Waals surface area (Å²) in [7, 11) is 0. The van der Waals surface area contributed by atoms with Gasteiger partial charge in [0.1, 0.15) is 0 Å². The van der Waals surface area contributed by atoms with Crippen molar-refractivity contribution in [1.29, 1.82) is 0 Å². The van der Waals surface area contributed by atoms with E-state index in [0.717, 1.165) is 6.07 Å². The van der Waals surface area contributed by atoms with Crippen LogP contribution in [-0.4, -0.2) is 16.1 Å². The summed E-state index contributed by atoms with van der Waals surface area (Å²) < 4.78 is 26.6. The van der Waals surface area contributed by atoms with Gasteiger partial charge in [0.2, 0.25) is 0 Å². The number of hydrogen-bond acceptors (Lipinski definition) is 2. The van der Waals surface area contributed by atoms with Crippen LogP contribution in [0.2, 0.25) is 5.02 Å². The lowest BCUT2D eigenvalue weighted by Gasteiger charge is -2.05. The number of rotatable bonds is 2. The zero-order valence-electron chi connectivity index (χ0n) is 8.82. The minimum absolute atomic E-state index is 0.00815. The standard InChI is InChI=1S/C12H6ClF2NO2/c13-7-4-5-9(16-11(7)12(17)18)6-2-1-3-8(14)10(6)15/h1-5H,(H,17,18). The van der Waals surface area contributed by atoms with Gasteiger partial charge in [-0.1, -0.05) is 17.7 Å². The van der Waals surface area contributed by atoms with E-state index in [-0.39, 0.29) is 16.3 Å². The number of carboxylic acid groups (broad SMARTS) is 1. The Bertz CT molecular complexity index is 631. The zero-order valence-corrected chi connectivity index (χ0v) is 9.58. The highest BCUT2D eigenvalue weighted by atomic mass is 35.5. The molecule has 0 amide bonds. The number of carboxylic acids is 1. The van der Waals surface area contributed by atoms with Crippen LogP contribution in [0.3, 0.4) is 0 Å². The second-order valence-corrected chi connectivity index (χ2v) is 3.84. The number of nitrogens with zero attached hydrogens (tertiary/aromatic N) is 1. The van der Waals surface area contributed by atoms with Gasteiger partial charge in [-0.2, -0.15) is 0 Å². The first kappa shape index (κ1) is 12.4. The van der Waals surface area contributed by atoms with E-state index in [4.69, 9.17) is 16.7 Å². The lowest BCUT2D eigenvalue weighted by molar-refractivity contribution is 0.0691. The molecule has 18 heavy (non-hydrogen) atoms. The fourth-order valence-corrected chi connectivity index (χ4v) is 1.63. The fraction of sp³-hybridized carbons (Fsp3) is 0. The molecule has 1 aromatic carbocycles. The molecular weight excluding hydrogens is 264 g/mol. The second kappa shape index (κ2) is 4.70. The van der Waals surface area contributed by atoms with E-state index in [1.807, 2.05) is 0 Å². The number of carbonyl (C=O) groups is 1. The van der Waals surface area contributed by atoms with Crippen LogP contribution in [0.25, 0.3) is 11.3 Å². The van der Waals surface area contributed by atoms with Crippen LogP contribution < -0.4 is 0 Å². The molecule has 1 N–H and O–H groups in total. The molecule has 0 spiro atoms. The van der Waals surface area contributed by atoms with Gasteiger partial charge in [-0.15, -0.1) is 0 Å². The highest BCUT2D eigenvalue weighted by Gasteiger charge is 2.15. The first-order valence-corrected chi connectivity index (χ1v) is 5.22. The largest absolute Gasteiger partial charge is 0.476 e. The second-order valence-electron chi connectivity index (χ2n) is 3.43. The van der Waals surface area contributed by atoms with Gasteiger partial charge in [0.25, 0.3) is 0 Å². The van der Waals surface area contributed by atoms with Gasteiger partial charge in [0, 0.05) is 5.56 Å². The van der Waals surface area contributed by atoms with Crippen molar-refractivity contribution in [2.45, 2.75) is 0 Å². The number of aromatic carboxylic acids is 1.